The number of nitrogens with two attached hydrogens (primary N) is 1. The van der Waals surface area contributed by atoms with Crippen LogP contribution in [0.4, 0.5) is 11.4 Å². The molecule has 0 bridgehead atoms. The molecule has 0 aromatic heterocycles. The quantitative estimate of drug-likeness (QED) is 0.813. The summed E-state index contributed by atoms with van der Waals surface area (Å²) in [7, 11) is 0. The summed E-state index contributed by atoms with van der Waals surface area (Å²) < 4.78 is 0. The number of rotatable bonds is 1. The van der Waals surface area contributed by atoms with Gasteiger partial charge in [0.1, 0.15) is 0 Å². The molecule has 21 heavy (non-hydrogen) atoms. The lowest BCUT2D eigenvalue weighted by molar-refractivity contribution is 0.0986. The lowest BCUT2D eigenvalue weighted by Crippen LogP contribution is -2.36. The molecule has 1 aliphatic heterocycles. The van der Waals surface area contributed by atoms with Crippen LogP contribution in [-0.2, 0) is 6.42 Å². The summed E-state index contributed by atoms with van der Waals surface area (Å²) in [5.74, 6) is 0.000929. The van der Waals surface area contributed by atoms with Crippen LogP contribution in [0.2, 0.25) is 0 Å². The van der Waals surface area contributed by atoms with Crippen LogP contribution in [0, 0.1) is 13.8 Å². The number of amides is 1. The molecule has 3 nitrogen and oxygen atoms in total. The number of fused-ring (bicyclic) bond motifs is 1. The van der Waals surface area contributed by atoms with Crippen molar-refractivity contribution < 1.29 is 4.79 Å². The van der Waals surface area contributed by atoms with E-state index in [0.717, 1.165) is 30.6 Å². The van der Waals surface area contributed by atoms with Crippen LogP contribution in [0.15, 0.2) is 36.4 Å². The Kier molecular flexibility index (Phi) is 3.42. The van der Waals surface area contributed by atoms with E-state index < -0.39 is 0 Å². The highest BCUT2D eigenvalue weighted by atomic mass is 16.2. The number of hydrogen-bond donors (Lipinski definition) is 1. The van der Waals surface area contributed by atoms with E-state index in [-0.39, 0.29) is 5.91 Å². The average Bonchev–Trinajstić information content (AvgIpc) is 2.48. The number of benzene rings is 2. The molecule has 3 heteroatoms. The molecule has 1 heterocycles. The van der Waals surface area contributed by atoms with Crippen molar-refractivity contribution in [2.45, 2.75) is 26.7 Å². The second kappa shape index (κ2) is 5.24. The van der Waals surface area contributed by atoms with E-state index in [4.69, 9.17) is 5.73 Å². The van der Waals surface area contributed by atoms with Gasteiger partial charge in [0, 0.05) is 17.9 Å². The zero-order chi connectivity index (χ0) is 15.0. The first-order valence-corrected chi connectivity index (χ1v) is 7.34. The van der Waals surface area contributed by atoms with E-state index in [0.29, 0.717) is 11.3 Å². The van der Waals surface area contributed by atoms with Crippen molar-refractivity contribution in [2.75, 3.05) is 17.2 Å². The van der Waals surface area contributed by atoms with Crippen LogP contribution in [0.3, 0.4) is 0 Å². The fourth-order valence-electron chi connectivity index (χ4n) is 2.94. The van der Waals surface area contributed by atoms with Crippen LogP contribution >= 0.6 is 0 Å². The number of carbonyl (C=O) groups is 1. The molecule has 0 radical (unpaired) electrons. The number of anilines is 2. The van der Waals surface area contributed by atoms with Crippen molar-refractivity contribution in [3.8, 4) is 0 Å². The molecule has 3 rings (SSSR count). The van der Waals surface area contributed by atoms with Crippen LogP contribution in [0.25, 0.3) is 0 Å². The number of carbonyl (C=O) groups excluding carboxylic acids is 1. The van der Waals surface area contributed by atoms with Gasteiger partial charge in [-0.15, -0.1) is 0 Å². The Morgan fingerprint density at radius 3 is 2.62 bits per heavy atom. The van der Waals surface area contributed by atoms with Crippen molar-refractivity contribution in [2.24, 2.45) is 0 Å². The molecular formula is C18H20N2O. The zero-order valence-corrected chi connectivity index (χ0v) is 12.5. The Balaban J connectivity index is 2.02. The third kappa shape index (κ3) is 2.51. The van der Waals surface area contributed by atoms with Gasteiger partial charge in [0.05, 0.1) is 5.56 Å². The molecule has 0 atom stereocenters. The van der Waals surface area contributed by atoms with E-state index in [1.54, 1.807) is 0 Å². The first kappa shape index (κ1) is 13.7. The average molecular weight is 280 g/mol. The molecule has 1 aliphatic rings. The Morgan fingerprint density at radius 1 is 1.10 bits per heavy atom. The van der Waals surface area contributed by atoms with Crippen LogP contribution < -0.4 is 10.6 Å². The topological polar surface area (TPSA) is 46.3 Å². The predicted molar refractivity (Wildman–Crippen MR) is 86.8 cm³/mol. The molecule has 2 aromatic rings. The van der Waals surface area contributed by atoms with Crippen molar-refractivity contribution in [1.29, 1.82) is 0 Å². The van der Waals surface area contributed by atoms with E-state index in [1.165, 1.54) is 11.1 Å². The summed E-state index contributed by atoms with van der Waals surface area (Å²) in [4.78, 5) is 14.7. The summed E-state index contributed by atoms with van der Waals surface area (Å²) in [6.45, 7) is 4.81. The number of nitrogens with zero attached hydrogens (tertiary/aromatic N) is 1. The smallest absolute Gasteiger partial charge is 0.260 e. The lowest BCUT2D eigenvalue weighted by atomic mass is 9.98. The number of hydrogen-bond acceptors (Lipinski definition) is 2. The minimum atomic E-state index is 0.000929. The first-order valence-electron chi connectivity index (χ1n) is 7.34. The molecule has 2 aromatic carbocycles. The van der Waals surface area contributed by atoms with E-state index in [9.17, 15) is 4.79 Å². The maximum Gasteiger partial charge on any atom is 0.260 e. The van der Waals surface area contributed by atoms with Gasteiger partial charge >= 0.3 is 0 Å². The SMILES string of the molecule is Cc1ccc2c(c1)CCCN2C(=O)c1cc(C)ccc1N. The Bertz CT molecular complexity index is 706. The Labute approximate surface area is 125 Å². The molecule has 0 aliphatic carbocycles. The van der Waals surface area contributed by atoms with Crippen LogP contribution in [-0.4, -0.2) is 12.5 Å². The van der Waals surface area contributed by atoms with Gasteiger partial charge in [-0.25, -0.2) is 0 Å². The monoisotopic (exact) mass is 280 g/mol. The summed E-state index contributed by atoms with van der Waals surface area (Å²) >= 11 is 0. The fourth-order valence-corrected chi connectivity index (χ4v) is 2.94. The van der Waals surface area contributed by atoms with Crippen molar-refractivity contribution in [3.63, 3.8) is 0 Å². The summed E-state index contributed by atoms with van der Waals surface area (Å²) in [5, 5.41) is 0. The van der Waals surface area contributed by atoms with E-state index in [2.05, 4.69) is 19.1 Å². The van der Waals surface area contributed by atoms with Gasteiger partial charge < -0.3 is 10.6 Å². The highest BCUT2D eigenvalue weighted by Crippen LogP contribution is 2.30. The van der Waals surface area contributed by atoms with Gasteiger partial charge in [0.15, 0.2) is 0 Å². The van der Waals surface area contributed by atoms with Crippen LogP contribution in [0.1, 0.15) is 33.5 Å². The normalized spacial score (nSPS) is 13.9. The molecular weight excluding hydrogens is 260 g/mol. The van der Waals surface area contributed by atoms with E-state index >= 15 is 0 Å². The van der Waals surface area contributed by atoms with Crippen molar-refractivity contribution in [3.05, 3.63) is 58.7 Å². The van der Waals surface area contributed by atoms with Gasteiger partial charge in [0.2, 0.25) is 0 Å². The van der Waals surface area contributed by atoms with Gasteiger partial charge in [-0.2, -0.15) is 0 Å². The molecule has 108 valence electrons. The highest BCUT2D eigenvalue weighted by molar-refractivity contribution is 6.10. The lowest BCUT2D eigenvalue weighted by Gasteiger charge is -2.30. The number of nitrogen functional groups attached to an aromatic ring is 1. The summed E-state index contributed by atoms with van der Waals surface area (Å²) in [6.07, 6.45) is 2.03. The standard InChI is InChI=1S/C18H20N2O/c1-12-6-8-17-14(10-12)4-3-9-20(17)18(21)15-11-13(2)5-7-16(15)19/h5-8,10-11H,3-4,9,19H2,1-2H3. The summed E-state index contributed by atoms with van der Waals surface area (Å²) in [5.41, 5.74) is 11.7. The van der Waals surface area contributed by atoms with Gasteiger partial charge in [-0.1, -0.05) is 29.3 Å². The highest BCUT2D eigenvalue weighted by Gasteiger charge is 2.24. The second-order valence-corrected chi connectivity index (χ2v) is 5.78. The largest absolute Gasteiger partial charge is 0.398 e. The third-order valence-electron chi connectivity index (χ3n) is 4.04. The molecule has 2 N–H and O–H groups in total. The molecule has 1 amide bonds. The molecule has 0 unspecified atom stereocenters. The molecule has 0 fully saturated rings. The first-order chi connectivity index (χ1) is 10.1. The molecule has 0 spiro atoms. The maximum atomic E-state index is 12.9. The number of aryl methyl sites for hydroxylation is 3. The second-order valence-electron chi connectivity index (χ2n) is 5.78. The third-order valence-corrected chi connectivity index (χ3v) is 4.04. The summed E-state index contributed by atoms with van der Waals surface area (Å²) in [6, 6.07) is 11.9. The zero-order valence-electron chi connectivity index (χ0n) is 12.5. The van der Waals surface area contributed by atoms with Gasteiger partial charge in [0.25, 0.3) is 5.91 Å². The fraction of sp³-hybridized carbons (Fsp3) is 0.278. The molecule has 0 saturated carbocycles. The molecule has 0 saturated heterocycles. The van der Waals surface area contributed by atoms with Crippen molar-refractivity contribution in [1.82, 2.24) is 0 Å². The van der Waals surface area contributed by atoms with Gasteiger partial charge in [-0.05, 0) is 50.5 Å². The van der Waals surface area contributed by atoms with Gasteiger partial charge in [-0.3, -0.25) is 4.79 Å². The Hall–Kier alpha value is -2.29. The minimum absolute atomic E-state index is 0.000929. The van der Waals surface area contributed by atoms with Crippen LogP contribution in [0.5, 0.6) is 0 Å². The minimum Gasteiger partial charge on any atom is -0.398 e. The van der Waals surface area contributed by atoms with Crippen molar-refractivity contribution >= 4 is 17.3 Å². The Morgan fingerprint density at radius 2 is 1.81 bits per heavy atom. The predicted octanol–water partition coefficient (Wildman–Crippen LogP) is 3.48. The van der Waals surface area contributed by atoms with E-state index in [1.807, 2.05) is 36.1 Å². The maximum absolute atomic E-state index is 12.9.